The first-order chi connectivity index (χ1) is 10.8. The number of carbonyl (C=O) groups is 2. The van der Waals surface area contributed by atoms with E-state index in [0.29, 0.717) is 17.2 Å². The van der Waals surface area contributed by atoms with Gasteiger partial charge in [0.05, 0.1) is 10.6 Å². The van der Waals surface area contributed by atoms with Gasteiger partial charge < -0.3 is 0 Å². The average Bonchev–Trinajstić information content (AvgIpc) is 2.97. The Bertz CT molecular complexity index is 715. The van der Waals surface area contributed by atoms with E-state index in [9.17, 15) is 9.59 Å². The second kappa shape index (κ2) is 7.12. The van der Waals surface area contributed by atoms with Crippen LogP contribution >= 0.6 is 11.3 Å². The van der Waals surface area contributed by atoms with Crippen molar-refractivity contribution in [2.75, 3.05) is 0 Å². The molecule has 0 spiro atoms. The SMILES string of the molecule is Cc1nn(CC(C)C)c2sc(C(=O)NNC(=O)CC(C)C)cc12. The zero-order chi connectivity index (χ0) is 17.1. The largest absolute Gasteiger partial charge is 0.279 e. The van der Waals surface area contributed by atoms with Crippen LogP contribution in [0.3, 0.4) is 0 Å². The predicted octanol–water partition coefficient (Wildman–Crippen LogP) is 2.87. The fourth-order valence-corrected chi connectivity index (χ4v) is 3.37. The summed E-state index contributed by atoms with van der Waals surface area (Å²) >= 11 is 1.40. The van der Waals surface area contributed by atoms with Crippen molar-refractivity contribution in [3.05, 3.63) is 16.6 Å². The highest BCUT2D eigenvalue weighted by molar-refractivity contribution is 7.20. The zero-order valence-electron chi connectivity index (χ0n) is 14.3. The fourth-order valence-electron chi connectivity index (χ4n) is 2.30. The van der Waals surface area contributed by atoms with Gasteiger partial charge in [-0.15, -0.1) is 11.3 Å². The maximum absolute atomic E-state index is 12.2. The molecule has 0 saturated carbocycles. The molecule has 0 atom stereocenters. The van der Waals surface area contributed by atoms with E-state index in [4.69, 9.17) is 0 Å². The molecule has 7 heteroatoms. The zero-order valence-corrected chi connectivity index (χ0v) is 15.1. The summed E-state index contributed by atoms with van der Waals surface area (Å²) in [4.78, 5) is 25.4. The number of carbonyl (C=O) groups excluding carboxylic acids is 2. The number of hydrazine groups is 1. The molecule has 6 nitrogen and oxygen atoms in total. The van der Waals surface area contributed by atoms with Crippen LogP contribution in [-0.2, 0) is 11.3 Å². The van der Waals surface area contributed by atoms with Crippen LogP contribution in [0.2, 0.25) is 0 Å². The van der Waals surface area contributed by atoms with Gasteiger partial charge in [0.2, 0.25) is 5.91 Å². The van der Waals surface area contributed by atoms with Gasteiger partial charge >= 0.3 is 0 Å². The van der Waals surface area contributed by atoms with Gasteiger partial charge in [-0.2, -0.15) is 5.10 Å². The van der Waals surface area contributed by atoms with Gasteiger partial charge in [-0.3, -0.25) is 25.1 Å². The lowest BCUT2D eigenvalue weighted by Gasteiger charge is -2.07. The Balaban J connectivity index is 2.11. The normalized spacial score (nSPS) is 11.4. The van der Waals surface area contributed by atoms with Crippen molar-refractivity contribution in [1.29, 1.82) is 0 Å². The molecule has 2 heterocycles. The van der Waals surface area contributed by atoms with E-state index in [0.717, 1.165) is 22.5 Å². The van der Waals surface area contributed by atoms with Crippen LogP contribution < -0.4 is 10.9 Å². The quantitative estimate of drug-likeness (QED) is 0.824. The summed E-state index contributed by atoms with van der Waals surface area (Å²) in [7, 11) is 0. The van der Waals surface area contributed by atoms with Crippen molar-refractivity contribution in [2.24, 2.45) is 11.8 Å². The number of rotatable bonds is 5. The molecule has 0 aliphatic carbocycles. The standard InChI is InChI=1S/C16H24N4O2S/c1-9(2)6-14(21)17-18-15(22)13-7-12-11(5)19-20(8-10(3)4)16(12)23-13/h7,9-10H,6,8H2,1-5H3,(H,17,21)(H,18,22). The third kappa shape index (κ3) is 4.31. The van der Waals surface area contributed by atoms with Crippen LogP contribution in [0.15, 0.2) is 6.07 Å². The van der Waals surface area contributed by atoms with E-state index in [-0.39, 0.29) is 17.7 Å². The summed E-state index contributed by atoms with van der Waals surface area (Å²) in [6.45, 7) is 10.9. The number of hydrogen-bond acceptors (Lipinski definition) is 4. The molecule has 0 aromatic carbocycles. The van der Waals surface area contributed by atoms with Gasteiger partial charge in [0, 0.05) is 18.4 Å². The molecule has 0 saturated heterocycles. The topological polar surface area (TPSA) is 76.0 Å². The Morgan fingerprint density at radius 2 is 1.91 bits per heavy atom. The minimum atomic E-state index is -0.293. The first-order valence-corrected chi connectivity index (χ1v) is 8.65. The molecule has 0 bridgehead atoms. The van der Waals surface area contributed by atoms with E-state index in [1.165, 1.54) is 11.3 Å². The van der Waals surface area contributed by atoms with Crippen molar-refractivity contribution in [3.8, 4) is 0 Å². The van der Waals surface area contributed by atoms with E-state index in [1.807, 2.05) is 31.5 Å². The first-order valence-electron chi connectivity index (χ1n) is 7.84. The van der Waals surface area contributed by atoms with Crippen molar-refractivity contribution >= 4 is 33.4 Å². The predicted molar refractivity (Wildman–Crippen MR) is 92.2 cm³/mol. The lowest BCUT2D eigenvalue weighted by molar-refractivity contribution is -0.122. The van der Waals surface area contributed by atoms with Crippen LogP contribution in [0, 0.1) is 18.8 Å². The van der Waals surface area contributed by atoms with E-state index in [2.05, 4.69) is 29.8 Å². The Hall–Kier alpha value is -1.89. The summed E-state index contributed by atoms with van der Waals surface area (Å²) in [5, 5.41) is 5.52. The molecule has 2 rings (SSSR count). The van der Waals surface area contributed by atoms with Crippen molar-refractivity contribution < 1.29 is 9.59 Å². The van der Waals surface area contributed by atoms with Crippen LogP contribution in [0.4, 0.5) is 0 Å². The monoisotopic (exact) mass is 336 g/mol. The number of nitrogens with zero attached hydrogens (tertiary/aromatic N) is 2. The van der Waals surface area contributed by atoms with Crippen LogP contribution in [0.5, 0.6) is 0 Å². The summed E-state index contributed by atoms with van der Waals surface area (Å²) in [5.74, 6) is 0.253. The second-order valence-corrected chi connectivity index (χ2v) is 7.62. The van der Waals surface area contributed by atoms with Gasteiger partial charge in [-0.05, 0) is 24.8 Å². The maximum Gasteiger partial charge on any atom is 0.279 e. The lowest BCUT2D eigenvalue weighted by Crippen LogP contribution is -2.41. The first kappa shape index (κ1) is 17.5. The molecule has 2 aromatic heterocycles. The minimum absolute atomic E-state index is 0.184. The fraction of sp³-hybridized carbons (Fsp3) is 0.562. The lowest BCUT2D eigenvalue weighted by atomic mass is 10.1. The van der Waals surface area contributed by atoms with Crippen LogP contribution in [0.25, 0.3) is 10.2 Å². The molecular formula is C16H24N4O2S. The molecule has 0 fully saturated rings. The maximum atomic E-state index is 12.2. The summed E-state index contributed by atoms with van der Waals surface area (Å²) in [6.07, 6.45) is 0.384. The number of thiophene rings is 1. The molecule has 2 amide bonds. The smallest absolute Gasteiger partial charge is 0.273 e. The molecule has 23 heavy (non-hydrogen) atoms. The minimum Gasteiger partial charge on any atom is -0.273 e. The van der Waals surface area contributed by atoms with Gasteiger partial charge in [-0.1, -0.05) is 27.7 Å². The number of fused-ring (bicyclic) bond motifs is 1. The van der Waals surface area contributed by atoms with E-state index < -0.39 is 0 Å². The molecule has 0 aliphatic rings. The second-order valence-electron chi connectivity index (χ2n) is 6.59. The number of nitrogens with one attached hydrogen (secondary N) is 2. The summed E-state index contributed by atoms with van der Waals surface area (Å²) < 4.78 is 1.95. The third-order valence-electron chi connectivity index (χ3n) is 3.28. The molecule has 126 valence electrons. The average molecular weight is 336 g/mol. The summed E-state index contributed by atoms with van der Waals surface area (Å²) in [5.41, 5.74) is 5.85. The van der Waals surface area contributed by atoms with Crippen molar-refractivity contribution in [1.82, 2.24) is 20.6 Å². The molecule has 2 N–H and O–H groups in total. The van der Waals surface area contributed by atoms with Gasteiger partial charge in [0.15, 0.2) is 0 Å². The van der Waals surface area contributed by atoms with E-state index >= 15 is 0 Å². The molecule has 0 radical (unpaired) electrons. The molecule has 0 aliphatic heterocycles. The van der Waals surface area contributed by atoms with Crippen LogP contribution in [0.1, 0.15) is 49.5 Å². The number of aryl methyl sites for hydroxylation is 1. The summed E-state index contributed by atoms with van der Waals surface area (Å²) in [6, 6.07) is 1.84. The van der Waals surface area contributed by atoms with Crippen molar-refractivity contribution in [3.63, 3.8) is 0 Å². The molecular weight excluding hydrogens is 312 g/mol. The van der Waals surface area contributed by atoms with E-state index in [1.54, 1.807) is 0 Å². The molecule has 0 unspecified atom stereocenters. The van der Waals surface area contributed by atoms with Crippen molar-refractivity contribution in [2.45, 2.75) is 47.6 Å². The number of aromatic nitrogens is 2. The Labute approximate surface area is 140 Å². The number of hydrogen-bond donors (Lipinski definition) is 2. The van der Waals surface area contributed by atoms with Gasteiger partial charge in [0.25, 0.3) is 5.91 Å². The Morgan fingerprint density at radius 1 is 1.22 bits per heavy atom. The van der Waals surface area contributed by atoms with Gasteiger partial charge in [-0.25, -0.2) is 0 Å². The Kier molecular flexibility index (Phi) is 5.41. The highest BCUT2D eigenvalue weighted by atomic mass is 32.1. The Morgan fingerprint density at radius 3 is 2.52 bits per heavy atom. The number of amides is 2. The van der Waals surface area contributed by atoms with Crippen LogP contribution in [-0.4, -0.2) is 21.6 Å². The highest BCUT2D eigenvalue weighted by Gasteiger charge is 2.17. The third-order valence-corrected chi connectivity index (χ3v) is 4.43. The van der Waals surface area contributed by atoms with Gasteiger partial charge in [0.1, 0.15) is 4.83 Å². The highest BCUT2D eigenvalue weighted by Crippen LogP contribution is 2.28. The molecule has 2 aromatic rings.